The molecule has 0 aromatic heterocycles. The maximum absolute atomic E-state index is 12.0. The van der Waals surface area contributed by atoms with Gasteiger partial charge in [-0.2, -0.15) is 0 Å². The predicted molar refractivity (Wildman–Crippen MR) is 82.9 cm³/mol. The highest BCUT2D eigenvalue weighted by atomic mass is 16.5. The van der Waals surface area contributed by atoms with Crippen molar-refractivity contribution in [2.24, 2.45) is 0 Å². The average molecular weight is 287 g/mol. The predicted octanol–water partition coefficient (Wildman–Crippen LogP) is 3.29. The summed E-state index contributed by atoms with van der Waals surface area (Å²) in [6.45, 7) is 10.5. The molecule has 0 aliphatic heterocycles. The van der Waals surface area contributed by atoms with Crippen LogP contribution in [0.4, 0.5) is 0 Å². The molecule has 1 atom stereocenters. The van der Waals surface area contributed by atoms with Crippen LogP contribution >= 0.6 is 0 Å². The Labute approximate surface area is 124 Å². The Bertz CT molecular complexity index is 246. The first-order valence-corrected chi connectivity index (χ1v) is 8.10. The van der Waals surface area contributed by atoms with Gasteiger partial charge in [-0.1, -0.05) is 39.5 Å². The molecule has 0 aliphatic rings. The molecule has 120 valence electrons. The number of unbranched alkanes of at least 4 members (excludes halogenated alkanes) is 4. The van der Waals surface area contributed by atoms with Gasteiger partial charge in [0.15, 0.2) is 0 Å². The first kappa shape index (κ1) is 19.4. The Morgan fingerprint density at radius 1 is 1.05 bits per heavy atom. The Kier molecular flexibility index (Phi) is 11.8. The van der Waals surface area contributed by atoms with Crippen LogP contribution in [0.3, 0.4) is 0 Å². The lowest BCUT2D eigenvalue weighted by Crippen LogP contribution is -2.51. The molecule has 1 unspecified atom stereocenters. The van der Waals surface area contributed by atoms with Gasteiger partial charge in [0, 0.05) is 13.2 Å². The number of ether oxygens (including phenoxy) is 2. The third-order valence-electron chi connectivity index (χ3n) is 3.43. The van der Waals surface area contributed by atoms with Crippen LogP contribution in [0.15, 0.2) is 0 Å². The number of carbonyl (C=O) groups is 1. The summed E-state index contributed by atoms with van der Waals surface area (Å²) in [7, 11) is 0. The SMILES string of the molecule is CCCCCCCOCCC(C)(NCC)C(=O)OCC. The highest BCUT2D eigenvalue weighted by Gasteiger charge is 2.33. The molecule has 0 rings (SSSR count). The van der Waals surface area contributed by atoms with Gasteiger partial charge in [0.05, 0.1) is 6.61 Å². The number of esters is 1. The van der Waals surface area contributed by atoms with Crippen molar-refractivity contribution in [1.82, 2.24) is 5.32 Å². The fraction of sp³-hybridized carbons (Fsp3) is 0.938. The molecule has 20 heavy (non-hydrogen) atoms. The van der Waals surface area contributed by atoms with Crippen LogP contribution in [-0.4, -0.2) is 37.9 Å². The van der Waals surface area contributed by atoms with Gasteiger partial charge in [0.1, 0.15) is 5.54 Å². The Balaban J connectivity index is 3.83. The number of rotatable bonds is 13. The van der Waals surface area contributed by atoms with Gasteiger partial charge in [-0.15, -0.1) is 0 Å². The lowest BCUT2D eigenvalue weighted by Gasteiger charge is -2.27. The van der Waals surface area contributed by atoms with Crippen molar-refractivity contribution in [3.63, 3.8) is 0 Å². The van der Waals surface area contributed by atoms with Crippen molar-refractivity contribution in [3.8, 4) is 0 Å². The highest BCUT2D eigenvalue weighted by molar-refractivity contribution is 5.80. The third-order valence-corrected chi connectivity index (χ3v) is 3.43. The first-order chi connectivity index (χ1) is 9.60. The standard InChI is InChI=1S/C16H33NO3/c1-5-8-9-10-11-13-19-14-12-16(4,17-6-2)15(18)20-7-3/h17H,5-14H2,1-4H3. The summed E-state index contributed by atoms with van der Waals surface area (Å²) >= 11 is 0. The van der Waals surface area contributed by atoms with Crippen molar-refractivity contribution in [3.05, 3.63) is 0 Å². The number of hydrogen-bond acceptors (Lipinski definition) is 4. The summed E-state index contributed by atoms with van der Waals surface area (Å²) in [5, 5.41) is 3.21. The van der Waals surface area contributed by atoms with E-state index in [1.54, 1.807) is 0 Å². The zero-order valence-electron chi connectivity index (χ0n) is 13.8. The second-order valence-corrected chi connectivity index (χ2v) is 5.36. The summed E-state index contributed by atoms with van der Waals surface area (Å²) in [5.41, 5.74) is -0.632. The van der Waals surface area contributed by atoms with E-state index in [0.717, 1.165) is 19.6 Å². The second-order valence-electron chi connectivity index (χ2n) is 5.36. The van der Waals surface area contributed by atoms with E-state index >= 15 is 0 Å². The lowest BCUT2D eigenvalue weighted by atomic mass is 9.98. The van der Waals surface area contributed by atoms with E-state index < -0.39 is 5.54 Å². The minimum Gasteiger partial charge on any atom is -0.465 e. The quantitative estimate of drug-likeness (QED) is 0.417. The zero-order chi connectivity index (χ0) is 15.3. The molecule has 1 N–H and O–H groups in total. The van der Waals surface area contributed by atoms with Gasteiger partial charge in [-0.05, 0) is 33.2 Å². The van der Waals surface area contributed by atoms with Gasteiger partial charge in [0.25, 0.3) is 0 Å². The van der Waals surface area contributed by atoms with Crippen LogP contribution < -0.4 is 5.32 Å². The van der Waals surface area contributed by atoms with E-state index in [1.807, 2.05) is 20.8 Å². The number of carbonyl (C=O) groups excluding carboxylic acids is 1. The van der Waals surface area contributed by atoms with Gasteiger partial charge < -0.3 is 14.8 Å². The molecule has 0 fully saturated rings. The highest BCUT2D eigenvalue weighted by Crippen LogP contribution is 2.13. The normalized spacial score (nSPS) is 14.0. The maximum atomic E-state index is 12.0. The van der Waals surface area contributed by atoms with Crippen LogP contribution in [0.1, 0.15) is 66.2 Å². The Hall–Kier alpha value is -0.610. The summed E-state index contributed by atoms with van der Waals surface area (Å²) < 4.78 is 10.8. The van der Waals surface area contributed by atoms with Crippen LogP contribution in [-0.2, 0) is 14.3 Å². The topological polar surface area (TPSA) is 47.6 Å². The average Bonchev–Trinajstić information content (AvgIpc) is 2.42. The zero-order valence-corrected chi connectivity index (χ0v) is 13.8. The first-order valence-electron chi connectivity index (χ1n) is 8.10. The molecular weight excluding hydrogens is 254 g/mol. The molecule has 0 radical (unpaired) electrons. The third kappa shape index (κ3) is 8.54. The monoisotopic (exact) mass is 287 g/mol. The van der Waals surface area contributed by atoms with Crippen molar-refractivity contribution < 1.29 is 14.3 Å². The van der Waals surface area contributed by atoms with E-state index in [2.05, 4.69) is 12.2 Å². The molecule has 4 nitrogen and oxygen atoms in total. The van der Waals surface area contributed by atoms with Crippen LogP contribution in [0, 0.1) is 0 Å². The van der Waals surface area contributed by atoms with Crippen molar-refractivity contribution in [2.75, 3.05) is 26.4 Å². The molecule has 4 heteroatoms. The Morgan fingerprint density at radius 2 is 1.75 bits per heavy atom. The van der Waals surface area contributed by atoms with E-state index in [9.17, 15) is 4.79 Å². The van der Waals surface area contributed by atoms with Crippen LogP contribution in [0.5, 0.6) is 0 Å². The van der Waals surface area contributed by atoms with Gasteiger partial charge >= 0.3 is 5.97 Å². The fourth-order valence-electron chi connectivity index (χ4n) is 2.13. The second kappa shape index (κ2) is 12.2. The molecule has 0 aliphatic carbocycles. The number of nitrogens with one attached hydrogen (secondary N) is 1. The molecule has 0 saturated heterocycles. The van der Waals surface area contributed by atoms with Gasteiger partial charge in [-0.3, -0.25) is 4.79 Å². The number of hydrogen-bond donors (Lipinski definition) is 1. The molecule has 0 aromatic carbocycles. The molecule has 0 spiro atoms. The molecule has 0 aromatic rings. The van der Waals surface area contributed by atoms with Gasteiger partial charge in [0.2, 0.25) is 0 Å². The molecule has 0 amide bonds. The summed E-state index contributed by atoms with van der Waals surface area (Å²) in [5.74, 6) is -0.187. The smallest absolute Gasteiger partial charge is 0.326 e. The minimum absolute atomic E-state index is 0.187. The number of likely N-dealkylation sites (N-methyl/N-ethyl adjacent to an activating group) is 1. The van der Waals surface area contributed by atoms with Crippen molar-refractivity contribution in [1.29, 1.82) is 0 Å². The van der Waals surface area contributed by atoms with E-state index in [-0.39, 0.29) is 5.97 Å². The van der Waals surface area contributed by atoms with Gasteiger partial charge in [-0.25, -0.2) is 0 Å². The van der Waals surface area contributed by atoms with E-state index in [0.29, 0.717) is 19.6 Å². The minimum atomic E-state index is -0.632. The maximum Gasteiger partial charge on any atom is 0.326 e. The fourth-order valence-corrected chi connectivity index (χ4v) is 2.13. The molecule has 0 bridgehead atoms. The van der Waals surface area contributed by atoms with Crippen LogP contribution in [0.25, 0.3) is 0 Å². The Morgan fingerprint density at radius 3 is 2.35 bits per heavy atom. The van der Waals surface area contributed by atoms with Crippen LogP contribution in [0.2, 0.25) is 0 Å². The van der Waals surface area contributed by atoms with E-state index in [4.69, 9.17) is 9.47 Å². The summed E-state index contributed by atoms with van der Waals surface area (Å²) in [4.78, 5) is 12.0. The molecular formula is C16H33NO3. The van der Waals surface area contributed by atoms with Crippen molar-refractivity contribution in [2.45, 2.75) is 71.8 Å². The lowest BCUT2D eigenvalue weighted by molar-refractivity contribution is -0.151. The largest absolute Gasteiger partial charge is 0.465 e. The molecule has 0 heterocycles. The van der Waals surface area contributed by atoms with Crippen molar-refractivity contribution >= 4 is 5.97 Å². The van der Waals surface area contributed by atoms with E-state index in [1.165, 1.54) is 25.7 Å². The molecule has 0 saturated carbocycles. The summed E-state index contributed by atoms with van der Waals surface area (Å²) in [6, 6.07) is 0. The summed E-state index contributed by atoms with van der Waals surface area (Å²) in [6.07, 6.45) is 6.85.